The molecule has 19 heavy (non-hydrogen) atoms. The normalized spacial score (nSPS) is 14.6. The van der Waals surface area contributed by atoms with Gasteiger partial charge in [0.25, 0.3) is 0 Å². The molecule has 1 aliphatic carbocycles. The Morgan fingerprint density at radius 3 is 2.58 bits per heavy atom. The number of benzene rings is 1. The second-order valence-corrected chi connectivity index (χ2v) is 6.17. The standard InChI is InChI=1S/C14H17N3OS/c1-8-5-11(6-9(2)12(8)18)13-16-17-14(19-13)15-7-10-3-4-10/h5-6,10,18H,3-4,7H2,1-2H3,(H,15,17). The van der Waals surface area contributed by atoms with Crippen LogP contribution in [0, 0.1) is 19.8 Å². The maximum atomic E-state index is 9.79. The molecule has 100 valence electrons. The molecule has 0 saturated heterocycles. The molecule has 1 aromatic heterocycles. The molecule has 0 bridgehead atoms. The molecule has 4 nitrogen and oxygen atoms in total. The van der Waals surface area contributed by atoms with Crippen molar-refractivity contribution < 1.29 is 5.11 Å². The van der Waals surface area contributed by atoms with Gasteiger partial charge in [0.2, 0.25) is 5.13 Å². The van der Waals surface area contributed by atoms with E-state index in [-0.39, 0.29) is 0 Å². The lowest BCUT2D eigenvalue weighted by Gasteiger charge is -2.05. The van der Waals surface area contributed by atoms with Crippen LogP contribution in [-0.4, -0.2) is 21.8 Å². The predicted molar refractivity (Wildman–Crippen MR) is 77.7 cm³/mol. The molecule has 0 aliphatic heterocycles. The molecule has 0 unspecified atom stereocenters. The fourth-order valence-corrected chi connectivity index (χ4v) is 2.78. The van der Waals surface area contributed by atoms with Crippen molar-refractivity contribution in [3.8, 4) is 16.3 Å². The number of rotatable bonds is 4. The zero-order chi connectivity index (χ0) is 13.4. The third-order valence-electron chi connectivity index (χ3n) is 3.40. The minimum Gasteiger partial charge on any atom is -0.507 e. The van der Waals surface area contributed by atoms with Crippen LogP contribution in [0.4, 0.5) is 5.13 Å². The number of anilines is 1. The Balaban J connectivity index is 1.81. The molecular formula is C14H17N3OS. The summed E-state index contributed by atoms with van der Waals surface area (Å²) in [6, 6.07) is 3.90. The van der Waals surface area contributed by atoms with E-state index in [1.165, 1.54) is 12.8 Å². The molecule has 2 aromatic rings. The molecule has 3 rings (SSSR count). The minimum atomic E-state index is 0.361. The molecule has 1 aromatic carbocycles. The summed E-state index contributed by atoms with van der Waals surface area (Å²) in [6.45, 7) is 4.81. The van der Waals surface area contributed by atoms with Crippen molar-refractivity contribution in [3.63, 3.8) is 0 Å². The van der Waals surface area contributed by atoms with Gasteiger partial charge in [-0.1, -0.05) is 11.3 Å². The fraction of sp³-hybridized carbons (Fsp3) is 0.429. The van der Waals surface area contributed by atoms with Crippen molar-refractivity contribution >= 4 is 16.5 Å². The molecule has 0 atom stereocenters. The van der Waals surface area contributed by atoms with Gasteiger partial charge in [-0.25, -0.2) is 0 Å². The lowest BCUT2D eigenvalue weighted by Crippen LogP contribution is -2.02. The van der Waals surface area contributed by atoms with Gasteiger partial charge in [0, 0.05) is 12.1 Å². The van der Waals surface area contributed by atoms with Crippen LogP contribution in [0.15, 0.2) is 12.1 Å². The average molecular weight is 275 g/mol. The summed E-state index contributed by atoms with van der Waals surface area (Å²) in [6.07, 6.45) is 2.66. The number of hydrogen-bond acceptors (Lipinski definition) is 5. The van der Waals surface area contributed by atoms with E-state index in [9.17, 15) is 5.11 Å². The van der Waals surface area contributed by atoms with Gasteiger partial charge in [0.1, 0.15) is 10.8 Å². The van der Waals surface area contributed by atoms with E-state index in [1.807, 2.05) is 26.0 Å². The van der Waals surface area contributed by atoms with Crippen LogP contribution < -0.4 is 5.32 Å². The highest BCUT2D eigenvalue weighted by atomic mass is 32.1. The average Bonchev–Trinajstić information content (AvgIpc) is 3.10. The first-order valence-corrected chi connectivity index (χ1v) is 7.33. The number of aromatic nitrogens is 2. The number of nitrogens with zero attached hydrogens (tertiary/aromatic N) is 2. The number of aryl methyl sites for hydroxylation is 2. The minimum absolute atomic E-state index is 0.361. The zero-order valence-electron chi connectivity index (χ0n) is 11.1. The van der Waals surface area contributed by atoms with Gasteiger partial charge < -0.3 is 10.4 Å². The second kappa shape index (κ2) is 4.81. The number of phenolic OH excluding ortho intramolecular Hbond substituents is 1. The molecule has 1 fully saturated rings. The van der Waals surface area contributed by atoms with Crippen molar-refractivity contribution in [2.75, 3.05) is 11.9 Å². The Hall–Kier alpha value is -1.62. The Kier molecular flexibility index (Phi) is 3.14. The molecule has 5 heteroatoms. The van der Waals surface area contributed by atoms with E-state index in [0.717, 1.165) is 39.3 Å². The van der Waals surface area contributed by atoms with Crippen LogP contribution >= 0.6 is 11.3 Å². The maximum absolute atomic E-state index is 9.79. The first kappa shape index (κ1) is 12.4. The third-order valence-corrected chi connectivity index (χ3v) is 4.33. The molecule has 1 heterocycles. The van der Waals surface area contributed by atoms with E-state index in [2.05, 4.69) is 15.5 Å². The summed E-state index contributed by atoms with van der Waals surface area (Å²) in [7, 11) is 0. The quantitative estimate of drug-likeness (QED) is 0.898. The summed E-state index contributed by atoms with van der Waals surface area (Å²) < 4.78 is 0. The van der Waals surface area contributed by atoms with E-state index in [4.69, 9.17) is 0 Å². The van der Waals surface area contributed by atoms with Crippen LogP contribution in [0.25, 0.3) is 10.6 Å². The Labute approximate surface area is 116 Å². The number of aromatic hydroxyl groups is 1. The van der Waals surface area contributed by atoms with Crippen molar-refractivity contribution in [2.45, 2.75) is 26.7 Å². The number of phenols is 1. The van der Waals surface area contributed by atoms with Crippen molar-refractivity contribution in [1.82, 2.24) is 10.2 Å². The zero-order valence-corrected chi connectivity index (χ0v) is 11.9. The second-order valence-electron chi connectivity index (χ2n) is 5.20. The van der Waals surface area contributed by atoms with E-state index < -0.39 is 0 Å². The predicted octanol–water partition coefficient (Wildman–Crippen LogP) is 3.35. The van der Waals surface area contributed by atoms with E-state index >= 15 is 0 Å². The smallest absolute Gasteiger partial charge is 0.206 e. The SMILES string of the molecule is Cc1cc(-c2nnc(NCC3CC3)s2)cc(C)c1O. The van der Waals surface area contributed by atoms with E-state index in [0.29, 0.717) is 5.75 Å². The molecule has 0 amide bonds. The van der Waals surface area contributed by atoms with Gasteiger partial charge in [-0.15, -0.1) is 10.2 Å². The van der Waals surface area contributed by atoms with Gasteiger partial charge in [-0.05, 0) is 55.9 Å². The van der Waals surface area contributed by atoms with Gasteiger partial charge in [-0.3, -0.25) is 0 Å². The van der Waals surface area contributed by atoms with E-state index in [1.54, 1.807) is 11.3 Å². The van der Waals surface area contributed by atoms with Crippen LogP contribution in [0.2, 0.25) is 0 Å². The number of nitrogens with one attached hydrogen (secondary N) is 1. The lowest BCUT2D eigenvalue weighted by molar-refractivity contribution is 0.467. The van der Waals surface area contributed by atoms with Gasteiger partial charge in [0.15, 0.2) is 0 Å². The summed E-state index contributed by atoms with van der Waals surface area (Å²) in [4.78, 5) is 0. The summed E-state index contributed by atoms with van der Waals surface area (Å²) >= 11 is 1.56. The Bertz CT molecular complexity index is 581. The molecular weight excluding hydrogens is 258 g/mol. The molecule has 0 spiro atoms. The summed E-state index contributed by atoms with van der Waals surface area (Å²) in [5, 5.41) is 23.3. The van der Waals surface area contributed by atoms with Crippen molar-refractivity contribution in [2.24, 2.45) is 5.92 Å². The first-order valence-electron chi connectivity index (χ1n) is 6.51. The summed E-state index contributed by atoms with van der Waals surface area (Å²) in [5.74, 6) is 1.19. The highest BCUT2D eigenvalue weighted by Gasteiger charge is 2.21. The Morgan fingerprint density at radius 2 is 1.95 bits per heavy atom. The van der Waals surface area contributed by atoms with Crippen molar-refractivity contribution in [1.29, 1.82) is 0 Å². The van der Waals surface area contributed by atoms with Gasteiger partial charge >= 0.3 is 0 Å². The topological polar surface area (TPSA) is 58.0 Å². The largest absolute Gasteiger partial charge is 0.507 e. The van der Waals surface area contributed by atoms with Crippen LogP contribution in [0.3, 0.4) is 0 Å². The van der Waals surface area contributed by atoms with Crippen LogP contribution in [0.5, 0.6) is 5.75 Å². The monoisotopic (exact) mass is 275 g/mol. The van der Waals surface area contributed by atoms with Crippen LogP contribution in [-0.2, 0) is 0 Å². The summed E-state index contributed by atoms with van der Waals surface area (Å²) in [5.41, 5.74) is 2.76. The third kappa shape index (κ3) is 2.71. The molecule has 2 N–H and O–H groups in total. The van der Waals surface area contributed by atoms with Gasteiger partial charge in [-0.2, -0.15) is 0 Å². The highest BCUT2D eigenvalue weighted by molar-refractivity contribution is 7.18. The molecule has 1 saturated carbocycles. The molecule has 1 aliphatic rings. The lowest BCUT2D eigenvalue weighted by atomic mass is 10.1. The maximum Gasteiger partial charge on any atom is 0.206 e. The Morgan fingerprint density at radius 1 is 1.26 bits per heavy atom. The highest BCUT2D eigenvalue weighted by Crippen LogP contribution is 2.33. The van der Waals surface area contributed by atoms with Crippen LogP contribution in [0.1, 0.15) is 24.0 Å². The first-order chi connectivity index (χ1) is 9.13. The number of hydrogen-bond donors (Lipinski definition) is 2. The van der Waals surface area contributed by atoms with Crippen molar-refractivity contribution in [3.05, 3.63) is 23.3 Å². The molecule has 0 radical (unpaired) electrons. The fourth-order valence-electron chi connectivity index (χ4n) is 2.04. The van der Waals surface area contributed by atoms with Gasteiger partial charge in [0.05, 0.1) is 0 Å².